The largest absolute Gasteiger partial charge is 0.311 e. The highest BCUT2D eigenvalue weighted by atomic mass is 15.2. The van der Waals surface area contributed by atoms with Gasteiger partial charge in [0.15, 0.2) is 0 Å². The van der Waals surface area contributed by atoms with Crippen molar-refractivity contribution in [1.82, 2.24) is 9.13 Å². The number of fused-ring (bicyclic) bond motifs is 10. The van der Waals surface area contributed by atoms with Gasteiger partial charge in [0.2, 0.25) is 0 Å². The van der Waals surface area contributed by atoms with Crippen LogP contribution in [0.15, 0.2) is 291 Å². The van der Waals surface area contributed by atoms with E-state index < -0.39 is 18.5 Å². The fourth-order valence-corrected chi connectivity index (χ4v) is 15.6. The normalized spacial score (nSPS) is 14.6. The minimum Gasteiger partial charge on any atom is -0.311 e. The van der Waals surface area contributed by atoms with Crippen LogP contribution in [0.2, 0.25) is 0 Å². The van der Waals surface area contributed by atoms with E-state index in [1.807, 2.05) is 78.4 Å². The molecule has 0 saturated carbocycles. The van der Waals surface area contributed by atoms with Crippen LogP contribution in [0.1, 0.15) is 92.7 Å². The molecule has 0 unspecified atom stereocenters. The Morgan fingerprint density at radius 1 is 0.316 bits per heavy atom. The van der Waals surface area contributed by atoms with E-state index in [-0.39, 0.29) is 59.2 Å². The maximum Gasteiger partial charge on any atom is 0.252 e. The third kappa shape index (κ3) is 10.8. The molecule has 0 fully saturated rings. The number of anilines is 6. The van der Waals surface area contributed by atoms with Crippen LogP contribution in [0, 0.1) is 16.2 Å². The van der Waals surface area contributed by atoms with E-state index in [9.17, 15) is 11.0 Å². The first kappa shape index (κ1) is 50.5. The average Bonchev–Trinajstić information content (AvgIpc) is 0.718. The zero-order chi connectivity index (χ0) is 75.5. The lowest BCUT2D eigenvalue weighted by Gasteiger charge is -2.45. The van der Waals surface area contributed by atoms with Crippen molar-refractivity contribution in [3.8, 4) is 55.9 Å². The van der Waals surface area contributed by atoms with Gasteiger partial charge in [-0.15, -0.1) is 0 Å². The molecular formula is C93H81BN4. The molecule has 4 heterocycles. The molecule has 476 valence electrons. The Bertz CT molecular complexity index is 5850. The number of hydrogen-bond acceptors (Lipinski definition) is 2. The maximum absolute atomic E-state index is 10.7. The van der Waals surface area contributed by atoms with Gasteiger partial charge in [-0.2, -0.15) is 0 Å². The zero-order valence-electron chi connectivity index (χ0n) is 66.9. The number of para-hydroxylation sites is 2. The predicted octanol–water partition coefficient (Wildman–Crippen LogP) is 23.4. The van der Waals surface area contributed by atoms with E-state index in [2.05, 4.69) is 245 Å². The number of rotatable bonds is 11. The summed E-state index contributed by atoms with van der Waals surface area (Å²) in [5.74, 6) is 0. The highest BCUT2D eigenvalue weighted by Gasteiger charge is 2.45. The summed E-state index contributed by atoms with van der Waals surface area (Å²) >= 11 is 0. The van der Waals surface area contributed by atoms with E-state index >= 15 is 0 Å². The van der Waals surface area contributed by atoms with Crippen LogP contribution in [-0.2, 0) is 19.2 Å². The number of hydrogen-bond donors (Lipinski definition) is 0. The molecule has 17 rings (SSSR count). The van der Waals surface area contributed by atoms with Crippen LogP contribution in [-0.4, -0.2) is 15.8 Å². The highest BCUT2D eigenvalue weighted by molar-refractivity contribution is 7.00. The fourth-order valence-electron chi connectivity index (χ4n) is 15.6. The Hall–Kier alpha value is -10.9. The van der Waals surface area contributed by atoms with Crippen molar-refractivity contribution < 1.29 is 13.7 Å². The Labute approximate surface area is 591 Å². The summed E-state index contributed by atoms with van der Waals surface area (Å²) in [6.45, 7) is 18.4. The fraction of sp³-hybridized carbons (Fsp3) is 0.161. The maximum atomic E-state index is 10.7. The van der Waals surface area contributed by atoms with Crippen LogP contribution >= 0.6 is 0 Å². The first-order valence-electron chi connectivity index (χ1n) is 39.2. The molecule has 0 amide bonds. The molecule has 0 spiro atoms. The molecule has 4 nitrogen and oxygen atoms in total. The lowest BCUT2D eigenvalue weighted by molar-refractivity contribution is 0.411. The molecule has 13 aromatic carbocycles. The van der Waals surface area contributed by atoms with Crippen LogP contribution < -0.4 is 26.2 Å². The summed E-state index contributed by atoms with van der Waals surface area (Å²) < 4.78 is 102. The van der Waals surface area contributed by atoms with Crippen molar-refractivity contribution >= 4 is 101 Å². The minimum absolute atomic E-state index is 0.0861. The SMILES string of the molecule is [2H]c1c([2H])c([2H])c2c(c1[2H])c1cc(CC(C)(C)C)ccc1n2-c1ccc2c(c1)N(c1cc(-c3ccccc3)ccc1-c1ccccc1)c1cc(C([2H])([2H])C(C)(C)C)cc3c1B2c1ccc(-n2c4ccc(CC(C)(C)C)cc4c4c([2H])c([2H])c([2H])c([2H])c42)cc1N3c1cc(-c2ccccc2)ccc1-c1ccccc1. The number of benzene rings is 13. The molecular weight excluding hydrogens is 1180 g/mol. The van der Waals surface area contributed by atoms with Crippen molar-refractivity contribution in [2.45, 2.75) is 81.5 Å². The molecule has 0 radical (unpaired) electrons. The smallest absolute Gasteiger partial charge is 0.252 e. The van der Waals surface area contributed by atoms with Gasteiger partial charge in [-0.05, 0) is 187 Å². The molecule has 2 aliphatic rings. The molecule has 2 aliphatic heterocycles. The quantitative estimate of drug-likeness (QED) is 0.120. The Kier molecular flexibility index (Phi) is 12.1. The monoisotopic (exact) mass is 1270 g/mol. The molecule has 0 N–H and O–H groups in total. The van der Waals surface area contributed by atoms with E-state index in [1.165, 1.54) is 0 Å². The van der Waals surface area contributed by atoms with Crippen molar-refractivity contribution in [3.63, 3.8) is 0 Å². The molecule has 0 saturated heterocycles. The molecule has 2 aromatic heterocycles. The second-order valence-corrected chi connectivity index (χ2v) is 30.1. The molecule has 0 atom stereocenters. The second kappa shape index (κ2) is 23.5. The van der Waals surface area contributed by atoms with Crippen LogP contribution in [0.3, 0.4) is 0 Å². The van der Waals surface area contributed by atoms with Crippen LogP contribution in [0.4, 0.5) is 34.1 Å². The van der Waals surface area contributed by atoms with Crippen LogP contribution in [0.5, 0.6) is 0 Å². The summed E-state index contributed by atoms with van der Waals surface area (Å²) in [6.07, 6.45) is -0.537. The van der Waals surface area contributed by atoms with Crippen molar-refractivity contribution in [2.75, 3.05) is 9.80 Å². The van der Waals surface area contributed by atoms with Crippen molar-refractivity contribution in [3.05, 3.63) is 308 Å². The average molecular weight is 1280 g/mol. The summed E-state index contributed by atoms with van der Waals surface area (Å²) in [5.41, 5.74) is 19.8. The molecule has 5 heteroatoms. The van der Waals surface area contributed by atoms with E-state index in [0.29, 0.717) is 49.5 Å². The first-order chi connectivity index (χ1) is 51.5. The predicted molar refractivity (Wildman–Crippen MR) is 420 cm³/mol. The van der Waals surface area contributed by atoms with E-state index in [1.54, 1.807) is 0 Å². The third-order valence-corrected chi connectivity index (χ3v) is 19.3. The van der Waals surface area contributed by atoms with E-state index in [0.717, 1.165) is 130 Å². The topological polar surface area (TPSA) is 16.3 Å². The molecule has 98 heavy (non-hydrogen) atoms. The Morgan fingerprint density at radius 2 is 0.714 bits per heavy atom. The van der Waals surface area contributed by atoms with Gasteiger partial charge in [-0.3, -0.25) is 0 Å². The lowest BCUT2D eigenvalue weighted by Crippen LogP contribution is -2.61. The van der Waals surface area contributed by atoms with Crippen molar-refractivity contribution in [2.24, 2.45) is 16.2 Å². The van der Waals surface area contributed by atoms with Crippen LogP contribution in [0.25, 0.3) is 99.5 Å². The van der Waals surface area contributed by atoms with Gasteiger partial charge in [-0.1, -0.05) is 268 Å². The third-order valence-electron chi connectivity index (χ3n) is 19.3. The first-order valence-corrected chi connectivity index (χ1v) is 34.2. The van der Waals surface area contributed by atoms with E-state index in [4.69, 9.17) is 2.74 Å². The molecule has 0 bridgehead atoms. The number of nitrogens with zero attached hydrogens (tertiary/aromatic N) is 4. The summed E-state index contributed by atoms with van der Waals surface area (Å²) in [5, 5.41) is 2.29. The van der Waals surface area contributed by atoms with Gasteiger partial charge in [-0.25, -0.2) is 0 Å². The summed E-state index contributed by atoms with van der Waals surface area (Å²) in [7, 11) is 0. The van der Waals surface area contributed by atoms with Gasteiger partial charge in [0.05, 0.1) is 44.4 Å². The highest BCUT2D eigenvalue weighted by Crippen LogP contribution is 2.52. The van der Waals surface area contributed by atoms with Gasteiger partial charge in [0.1, 0.15) is 0 Å². The summed E-state index contributed by atoms with van der Waals surface area (Å²) in [4.78, 5) is 4.68. The zero-order valence-corrected chi connectivity index (χ0v) is 56.9. The van der Waals surface area contributed by atoms with Crippen molar-refractivity contribution in [1.29, 1.82) is 0 Å². The number of aromatic nitrogens is 2. The minimum atomic E-state index is -2.01. The molecule has 15 aromatic rings. The van der Waals surface area contributed by atoms with Gasteiger partial charge >= 0.3 is 0 Å². The lowest BCUT2D eigenvalue weighted by atomic mass is 9.33. The Balaban J connectivity index is 1.05. The second-order valence-electron chi connectivity index (χ2n) is 30.1. The van der Waals surface area contributed by atoms with Gasteiger partial charge in [0.25, 0.3) is 6.71 Å². The standard InChI is InChI=1S/C93H81BN4/c1-91(2,3)58-61-38-48-82-76(50-61)74-34-22-24-36-80(74)95(82)70-42-46-78-86(56-70)97(84-54-68(64-26-14-10-15-27-64)40-44-72(84)66-30-18-12-19-31-66)88-52-63(60-93(7,8)9)53-89-90(88)94(78)79-47-43-71(96-81-37-25-23-35-75(81)77-51-62(39-49-83(77)96)59-92(4,5)6)57-87(79)98(89)85-55-69(65-28-16-11-17-29-65)41-45-73(85)67-32-20-13-21-33-67/h10-57H,58-60H2,1-9H3/i22D,23D,24D,25D,34D,35D,36D,37D,60D2. The van der Waals surface area contributed by atoms with Gasteiger partial charge in [0, 0.05) is 69.5 Å². The molecule has 0 aliphatic carbocycles. The Morgan fingerprint density at radius 3 is 1.11 bits per heavy atom. The summed E-state index contributed by atoms with van der Waals surface area (Å²) in [6, 6.07) is 82.5. The van der Waals surface area contributed by atoms with Gasteiger partial charge < -0.3 is 18.9 Å².